The molecular formula is C12H17N3O2S. The molecule has 1 heterocycles. The fourth-order valence-electron chi connectivity index (χ4n) is 2.04. The molecule has 5 nitrogen and oxygen atoms in total. The molecule has 1 saturated heterocycles. The van der Waals surface area contributed by atoms with Crippen LogP contribution in [0.2, 0.25) is 0 Å². The summed E-state index contributed by atoms with van der Waals surface area (Å²) in [6.07, 6.45) is 2.71. The van der Waals surface area contributed by atoms with Crippen LogP contribution in [-0.4, -0.2) is 32.4 Å². The first-order chi connectivity index (χ1) is 8.59. The number of likely N-dealkylation sites (tertiary alicyclic amines) is 1. The minimum absolute atomic E-state index is 0. The summed E-state index contributed by atoms with van der Waals surface area (Å²) < 4.78 is 26.5. The summed E-state index contributed by atoms with van der Waals surface area (Å²) in [4.78, 5) is 1.57. The fraction of sp³-hybridized carbons (Fsp3) is 0.417. The molecule has 1 aliphatic heterocycles. The van der Waals surface area contributed by atoms with E-state index < -0.39 is 10.0 Å². The van der Waals surface area contributed by atoms with Gasteiger partial charge in [0.25, 0.3) is 0 Å². The maximum Gasteiger partial charge on any atom is 0.216 e. The van der Waals surface area contributed by atoms with Crippen molar-refractivity contribution in [3.63, 3.8) is 0 Å². The van der Waals surface area contributed by atoms with Crippen molar-refractivity contribution in [3.8, 4) is 6.19 Å². The van der Waals surface area contributed by atoms with Crippen molar-refractivity contribution in [1.29, 1.82) is 5.26 Å². The second kappa shape index (κ2) is 5.38. The van der Waals surface area contributed by atoms with Gasteiger partial charge in [-0.25, -0.2) is 13.1 Å². The van der Waals surface area contributed by atoms with Gasteiger partial charge >= 0.3 is 0 Å². The zero-order chi connectivity index (χ0) is 13.0. The SMILES string of the molecule is N#CN1CC[C@H](NS(=O)(=O)Cc2ccccc2)C1.[HH]. The lowest BCUT2D eigenvalue weighted by Crippen LogP contribution is -2.37. The minimum atomic E-state index is -3.34. The smallest absolute Gasteiger partial charge is 0.216 e. The third-order valence-electron chi connectivity index (χ3n) is 2.88. The standard InChI is InChI=1S/C12H15N3O2S.H2/c13-10-15-7-6-12(8-15)14-18(16,17)9-11-4-2-1-3-5-11;/h1-5,12,14H,6-9H2;1H/t12-;/m0./s1. The first-order valence-electron chi connectivity index (χ1n) is 5.78. The summed E-state index contributed by atoms with van der Waals surface area (Å²) in [6.45, 7) is 1.08. The molecule has 0 radical (unpaired) electrons. The second-order valence-corrected chi connectivity index (χ2v) is 6.15. The summed E-state index contributed by atoms with van der Waals surface area (Å²) in [7, 11) is -3.34. The van der Waals surface area contributed by atoms with Crippen LogP contribution in [0.1, 0.15) is 13.4 Å². The van der Waals surface area contributed by atoms with Crippen LogP contribution in [0.5, 0.6) is 0 Å². The fourth-order valence-corrected chi connectivity index (χ4v) is 3.45. The highest BCUT2D eigenvalue weighted by atomic mass is 32.2. The molecule has 0 amide bonds. The number of rotatable bonds is 4. The molecule has 1 fully saturated rings. The van der Waals surface area contributed by atoms with Gasteiger partial charge in [-0.05, 0) is 12.0 Å². The second-order valence-electron chi connectivity index (χ2n) is 4.39. The van der Waals surface area contributed by atoms with Crippen LogP contribution in [0.25, 0.3) is 0 Å². The zero-order valence-corrected chi connectivity index (χ0v) is 10.7. The Hall–Kier alpha value is -1.58. The molecular weight excluding hydrogens is 250 g/mol. The number of nitriles is 1. The topological polar surface area (TPSA) is 73.2 Å². The largest absolute Gasteiger partial charge is 0.309 e. The molecule has 98 valence electrons. The van der Waals surface area contributed by atoms with Crippen molar-refractivity contribution in [3.05, 3.63) is 35.9 Å². The number of hydrogen-bond acceptors (Lipinski definition) is 4. The molecule has 0 aliphatic carbocycles. The summed E-state index contributed by atoms with van der Waals surface area (Å²) in [5.41, 5.74) is 0.764. The van der Waals surface area contributed by atoms with E-state index in [1.165, 1.54) is 0 Å². The number of nitrogens with one attached hydrogen (secondary N) is 1. The minimum Gasteiger partial charge on any atom is -0.309 e. The summed E-state index contributed by atoms with van der Waals surface area (Å²) in [6, 6.07) is 8.91. The van der Waals surface area contributed by atoms with Crippen LogP contribution in [0.15, 0.2) is 30.3 Å². The number of sulfonamides is 1. The van der Waals surface area contributed by atoms with E-state index in [9.17, 15) is 8.42 Å². The van der Waals surface area contributed by atoms with Crippen LogP contribution in [0, 0.1) is 11.5 Å². The Labute approximate surface area is 109 Å². The molecule has 6 heteroatoms. The van der Waals surface area contributed by atoms with E-state index >= 15 is 0 Å². The number of nitrogens with zero attached hydrogens (tertiary/aromatic N) is 2. The van der Waals surface area contributed by atoms with Crippen LogP contribution in [0.3, 0.4) is 0 Å². The molecule has 0 unspecified atom stereocenters. The van der Waals surface area contributed by atoms with Crippen LogP contribution in [0.4, 0.5) is 0 Å². The van der Waals surface area contributed by atoms with E-state index in [1.807, 2.05) is 24.4 Å². The van der Waals surface area contributed by atoms with Gasteiger partial charge in [-0.1, -0.05) is 30.3 Å². The van der Waals surface area contributed by atoms with E-state index in [0.717, 1.165) is 5.56 Å². The highest BCUT2D eigenvalue weighted by Crippen LogP contribution is 2.11. The van der Waals surface area contributed by atoms with Gasteiger partial charge in [0.2, 0.25) is 10.0 Å². The Morgan fingerprint density at radius 3 is 2.78 bits per heavy atom. The summed E-state index contributed by atoms with van der Waals surface area (Å²) in [5, 5.41) is 8.72. The molecule has 1 atom stereocenters. The molecule has 1 aliphatic rings. The maximum absolute atomic E-state index is 11.9. The average molecular weight is 267 g/mol. The average Bonchev–Trinajstić information content (AvgIpc) is 2.76. The lowest BCUT2D eigenvalue weighted by atomic mass is 10.2. The lowest BCUT2D eigenvalue weighted by molar-refractivity contribution is 0.470. The van der Waals surface area contributed by atoms with Gasteiger partial charge in [-0.3, -0.25) is 0 Å². The van der Waals surface area contributed by atoms with Crippen molar-refractivity contribution in [2.75, 3.05) is 13.1 Å². The Kier molecular flexibility index (Phi) is 3.84. The van der Waals surface area contributed by atoms with Crippen LogP contribution in [-0.2, 0) is 15.8 Å². The molecule has 1 N–H and O–H groups in total. The zero-order valence-electron chi connectivity index (χ0n) is 9.91. The Bertz CT molecular complexity index is 542. The molecule has 18 heavy (non-hydrogen) atoms. The molecule has 2 rings (SSSR count). The number of benzene rings is 1. The summed E-state index contributed by atoms with van der Waals surface area (Å²) >= 11 is 0. The van der Waals surface area contributed by atoms with E-state index in [4.69, 9.17) is 5.26 Å². The van der Waals surface area contributed by atoms with E-state index in [1.54, 1.807) is 17.0 Å². The summed E-state index contributed by atoms with van der Waals surface area (Å²) in [5.74, 6) is -0.0170. The van der Waals surface area contributed by atoms with Gasteiger partial charge in [-0.2, -0.15) is 5.26 Å². The van der Waals surface area contributed by atoms with Gasteiger partial charge in [0.15, 0.2) is 6.19 Å². The molecule has 0 saturated carbocycles. The van der Waals surface area contributed by atoms with Gasteiger partial charge in [0.1, 0.15) is 0 Å². The molecule has 0 spiro atoms. The van der Waals surface area contributed by atoms with Crippen molar-refractivity contribution < 1.29 is 9.84 Å². The van der Waals surface area contributed by atoms with Crippen molar-refractivity contribution >= 4 is 10.0 Å². The molecule has 1 aromatic carbocycles. The monoisotopic (exact) mass is 267 g/mol. The first kappa shape index (κ1) is 12.9. The predicted molar refractivity (Wildman–Crippen MR) is 69.9 cm³/mol. The van der Waals surface area contributed by atoms with E-state index in [0.29, 0.717) is 19.5 Å². The van der Waals surface area contributed by atoms with Crippen LogP contribution < -0.4 is 4.72 Å². The van der Waals surface area contributed by atoms with Gasteiger partial charge in [0.05, 0.1) is 5.75 Å². The third-order valence-corrected chi connectivity index (χ3v) is 4.28. The van der Waals surface area contributed by atoms with Gasteiger partial charge in [0, 0.05) is 20.6 Å². The van der Waals surface area contributed by atoms with Crippen LogP contribution >= 0.6 is 0 Å². The Morgan fingerprint density at radius 2 is 2.17 bits per heavy atom. The Morgan fingerprint density at radius 1 is 1.44 bits per heavy atom. The normalized spacial score (nSPS) is 19.7. The van der Waals surface area contributed by atoms with Gasteiger partial charge < -0.3 is 4.90 Å². The van der Waals surface area contributed by atoms with E-state index in [2.05, 4.69) is 4.72 Å². The molecule has 0 aromatic heterocycles. The maximum atomic E-state index is 11.9. The molecule has 0 bridgehead atoms. The predicted octanol–water partition coefficient (Wildman–Crippen LogP) is 0.907. The quantitative estimate of drug-likeness (QED) is 0.823. The first-order valence-corrected chi connectivity index (χ1v) is 7.43. The van der Waals surface area contributed by atoms with Crippen molar-refractivity contribution in [1.82, 2.24) is 9.62 Å². The lowest BCUT2D eigenvalue weighted by Gasteiger charge is -2.12. The number of hydrogen-bond donors (Lipinski definition) is 1. The van der Waals surface area contributed by atoms with Crippen molar-refractivity contribution in [2.24, 2.45) is 0 Å². The van der Waals surface area contributed by atoms with Gasteiger partial charge in [-0.15, -0.1) is 0 Å². The van der Waals surface area contributed by atoms with Crippen molar-refractivity contribution in [2.45, 2.75) is 18.2 Å². The highest BCUT2D eigenvalue weighted by molar-refractivity contribution is 7.88. The highest BCUT2D eigenvalue weighted by Gasteiger charge is 2.25. The van der Waals surface area contributed by atoms with E-state index in [-0.39, 0.29) is 13.2 Å². The Balaban J connectivity index is 0.00000180. The third kappa shape index (κ3) is 3.45. The molecule has 1 aromatic rings.